The maximum atomic E-state index is 5.83. The number of aryl methyl sites for hydroxylation is 1. The number of hydrogen-bond acceptors (Lipinski definition) is 5. The van der Waals surface area contributed by atoms with E-state index in [9.17, 15) is 0 Å². The van der Waals surface area contributed by atoms with E-state index in [1.165, 1.54) is 11.1 Å². The quantitative estimate of drug-likeness (QED) is 0.798. The van der Waals surface area contributed by atoms with E-state index in [1.807, 2.05) is 24.5 Å². The number of piperidine rings is 1. The maximum Gasteiger partial charge on any atom is 0.247 e. The molecule has 4 rings (SSSR count). The van der Waals surface area contributed by atoms with Crippen molar-refractivity contribution < 1.29 is 4.42 Å². The first-order chi connectivity index (χ1) is 11.8. The van der Waals surface area contributed by atoms with E-state index in [-0.39, 0.29) is 0 Å². The SMILES string of the molecule is Cc1ccc(-c2nnc(CN3CCC(c4cn[nH]c4)CC3)o2)cc1. The molecule has 1 aliphatic rings. The van der Waals surface area contributed by atoms with Crippen molar-refractivity contribution in [1.82, 2.24) is 25.3 Å². The van der Waals surface area contributed by atoms with Crippen LogP contribution in [0.3, 0.4) is 0 Å². The molecule has 0 aliphatic carbocycles. The highest BCUT2D eigenvalue weighted by molar-refractivity contribution is 5.52. The Balaban J connectivity index is 1.36. The summed E-state index contributed by atoms with van der Waals surface area (Å²) in [5, 5.41) is 15.3. The lowest BCUT2D eigenvalue weighted by atomic mass is 9.92. The van der Waals surface area contributed by atoms with Crippen LogP contribution in [0, 0.1) is 6.92 Å². The Kier molecular flexibility index (Phi) is 4.13. The van der Waals surface area contributed by atoms with Gasteiger partial charge in [0.05, 0.1) is 12.7 Å². The van der Waals surface area contributed by atoms with Crippen LogP contribution in [-0.4, -0.2) is 38.4 Å². The summed E-state index contributed by atoms with van der Waals surface area (Å²) < 4.78 is 5.83. The molecule has 1 aliphatic heterocycles. The van der Waals surface area contributed by atoms with Crippen LogP contribution in [-0.2, 0) is 6.54 Å². The van der Waals surface area contributed by atoms with Gasteiger partial charge in [-0.3, -0.25) is 10.00 Å². The highest BCUT2D eigenvalue weighted by Gasteiger charge is 2.22. The van der Waals surface area contributed by atoms with E-state index < -0.39 is 0 Å². The fourth-order valence-corrected chi connectivity index (χ4v) is 3.23. The number of hydrogen-bond donors (Lipinski definition) is 1. The first kappa shape index (κ1) is 15.1. The van der Waals surface area contributed by atoms with Gasteiger partial charge in [0.1, 0.15) is 0 Å². The molecule has 24 heavy (non-hydrogen) atoms. The molecule has 1 saturated heterocycles. The molecular formula is C18H21N5O. The predicted molar refractivity (Wildman–Crippen MR) is 90.3 cm³/mol. The molecule has 0 radical (unpaired) electrons. The molecule has 0 unspecified atom stereocenters. The fraction of sp³-hybridized carbons (Fsp3) is 0.389. The number of benzene rings is 1. The number of aromatic nitrogens is 4. The van der Waals surface area contributed by atoms with Gasteiger partial charge < -0.3 is 4.42 Å². The molecular weight excluding hydrogens is 302 g/mol. The first-order valence-electron chi connectivity index (χ1n) is 8.38. The van der Waals surface area contributed by atoms with E-state index in [0.717, 1.165) is 38.0 Å². The minimum Gasteiger partial charge on any atom is -0.419 e. The number of aromatic amines is 1. The van der Waals surface area contributed by atoms with Crippen molar-refractivity contribution in [3.05, 3.63) is 53.7 Å². The molecule has 124 valence electrons. The van der Waals surface area contributed by atoms with Gasteiger partial charge in [-0.1, -0.05) is 17.7 Å². The zero-order valence-electron chi connectivity index (χ0n) is 13.8. The molecule has 0 saturated carbocycles. The van der Waals surface area contributed by atoms with Gasteiger partial charge in [0.15, 0.2) is 0 Å². The minimum absolute atomic E-state index is 0.596. The van der Waals surface area contributed by atoms with Crippen LogP contribution in [0.5, 0.6) is 0 Å². The number of nitrogens with zero attached hydrogens (tertiary/aromatic N) is 4. The average Bonchev–Trinajstić information content (AvgIpc) is 3.28. The Labute approximate surface area is 140 Å². The second-order valence-corrected chi connectivity index (χ2v) is 6.45. The van der Waals surface area contributed by atoms with Crippen LogP contribution in [0.2, 0.25) is 0 Å². The Morgan fingerprint density at radius 3 is 2.67 bits per heavy atom. The summed E-state index contributed by atoms with van der Waals surface area (Å²) in [6, 6.07) is 8.14. The molecule has 0 atom stereocenters. The fourth-order valence-electron chi connectivity index (χ4n) is 3.23. The Hall–Kier alpha value is -2.47. The largest absolute Gasteiger partial charge is 0.419 e. The Morgan fingerprint density at radius 1 is 1.17 bits per heavy atom. The summed E-state index contributed by atoms with van der Waals surface area (Å²) in [5.41, 5.74) is 3.51. The molecule has 6 heteroatoms. The maximum absolute atomic E-state index is 5.83. The van der Waals surface area contributed by atoms with Gasteiger partial charge in [-0.05, 0) is 56.5 Å². The van der Waals surface area contributed by atoms with Crippen molar-refractivity contribution in [2.75, 3.05) is 13.1 Å². The normalized spacial score (nSPS) is 16.5. The second kappa shape index (κ2) is 6.57. The smallest absolute Gasteiger partial charge is 0.247 e. The minimum atomic E-state index is 0.596. The highest BCUT2D eigenvalue weighted by atomic mass is 16.4. The summed E-state index contributed by atoms with van der Waals surface area (Å²) in [5.74, 6) is 1.89. The van der Waals surface area contributed by atoms with E-state index in [0.29, 0.717) is 17.7 Å². The molecule has 0 bridgehead atoms. The molecule has 1 aromatic carbocycles. The van der Waals surface area contributed by atoms with Crippen molar-refractivity contribution in [3.63, 3.8) is 0 Å². The number of H-pyrrole nitrogens is 1. The van der Waals surface area contributed by atoms with Gasteiger partial charge in [0.2, 0.25) is 11.8 Å². The average molecular weight is 323 g/mol. The van der Waals surface area contributed by atoms with Gasteiger partial charge in [-0.15, -0.1) is 10.2 Å². The molecule has 1 N–H and O–H groups in total. The van der Waals surface area contributed by atoms with Crippen LogP contribution in [0.25, 0.3) is 11.5 Å². The third-order valence-electron chi connectivity index (χ3n) is 4.70. The Morgan fingerprint density at radius 2 is 1.96 bits per heavy atom. The van der Waals surface area contributed by atoms with Crippen LogP contribution in [0.1, 0.15) is 35.8 Å². The van der Waals surface area contributed by atoms with Gasteiger partial charge in [-0.2, -0.15) is 5.10 Å². The van der Waals surface area contributed by atoms with Crippen molar-refractivity contribution in [1.29, 1.82) is 0 Å². The monoisotopic (exact) mass is 323 g/mol. The number of rotatable bonds is 4. The van der Waals surface area contributed by atoms with E-state index >= 15 is 0 Å². The molecule has 2 aromatic heterocycles. The van der Waals surface area contributed by atoms with E-state index in [2.05, 4.69) is 44.4 Å². The summed E-state index contributed by atoms with van der Waals surface area (Å²) >= 11 is 0. The van der Waals surface area contributed by atoms with Gasteiger partial charge in [-0.25, -0.2) is 0 Å². The predicted octanol–water partition coefficient (Wildman–Crippen LogP) is 3.15. The third-order valence-corrected chi connectivity index (χ3v) is 4.70. The summed E-state index contributed by atoms with van der Waals surface area (Å²) in [7, 11) is 0. The summed E-state index contributed by atoms with van der Waals surface area (Å²) in [6.45, 7) is 4.86. The van der Waals surface area contributed by atoms with Gasteiger partial charge >= 0.3 is 0 Å². The molecule has 0 spiro atoms. The zero-order chi connectivity index (χ0) is 16.4. The van der Waals surface area contributed by atoms with Gasteiger partial charge in [0.25, 0.3) is 0 Å². The molecule has 1 fully saturated rings. The molecule has 6 nitrogen and oxygen atoms in total. The topological polar surface area (TPSA) is 70.8 Å². The summed E-state index contributed by atoms with van der Waals surface area (Å²) in [4.78, 5) is 2.38. The van der Waals surface area contributed by atoms with Crippen LogP contribution >= 0.6 is 0 Å². The lowest BCUT2D eigenvalue weighted by molar-refractivity contribution is 0.188. The van der Waals surface area contributed by atoms with Crippen molar-refractivity contribution in [3.8, 4) is 11.5 Å². The lowest BCUT2D eigenvalue weighted by Gasteiger charge is -2.30. The molecule has 0 amide bonds. The van der Waals surface area contributed by atoms with Crippen LogP contribution in [0.15, 0.2) is 41.1 Å². The number of nitrogens with one attached hydrogen (secondary N) is 1. The zero-order valence-corrected chi connectivity index (χ0v) is 13.8. The third kappa shape index (κ3) is 3.23. The van der Waals surface area contributed by atoms with E-state index in [4.69, 9.17) is 4.42 Å². The van der Waals surface area contributed by atoms with Crippen LogP contribution in [0.4, 0.5) is 0 Å². The highest BCUT2D eigenvalue weighted by Crippen LogP contribution is 2.28. The van der Waals surface area contributed by atoms with Crippen molar-refractivity contribution >= 4 is 0 Å². The Bertz CT molecular complexity index is 770. The summed E-state index contributed by atoms with van der Waals surface area (Å²) in [6.07, 6.45) is 6.22. The first-order valence-corrected chi connectivity index (χ1v) is 8.38. The van der Waals surface area contributed by atoms with Crippen molar-refractivity contribution in [2.45, 2.75) is 32.2 Å². The van der Waals surface area contributed by atoms with Gasteiger partial charge in [0, 0.05) is 11.8 Å². The van der Waals surface area contributed by atoms with E-state index in [1.54, 1.807) is 0 Å². The molecule has 3 heterocycles. The molecule has 3 aromatic rings. The standard InChI is InChI=1S/C18H21N5O/c1-13-2-4-15(5-3-13)18-22-21-17(24-18)12-23-8-6-14(7-9-23)16-10-19-20-11-16/h2-5,10-11,14H,6-9,12H2,1H3,(H,19,20). The second-order valence-electron chi connectivity index (χ2n) is 6.45. The lowest BCUT2D eigenvalue weighted by Crippen LogP contribution is -2.32. The number of likely N-dealkylation sites (tertiary alicyclic amines) is 1. The van der Waals surface area contributed by atoms with Crippen LogP contribution < -0.4 is 0 Å². The van der Waals surface area contributed by atoms with Crippen molar-refractivity contribution in [2.24, 2.45) is 0 Å².